The quantitative estimate of drug-likeness (QED) is 0.743. The van der Waals surface area contributed by atoms with Crippen molar-refractivity contribution in [2.75, 3.05) is 27.2 Å². The molecule has 0 aliphatic carbocycles. The molecule has 0 aliphatic rings. The summed E-state index contributed by atoms with van der Waals surface area (Å²) in [5.41, 5.74) is 3.17. The number of ether oxygens (including phenoxy) is 1. The standard InChI is InChI=1S/C21H21N3O2/c1-24(2)11-9-15-5-3-4-6-17(15)20-14-23-21(25)19-13-16(26-12-10-22)7-8-18(19)20/h3-8,13-14H,9,11-12H2,1-2H3,(H,23,25). The molecule has 2 aromatic carbocycles. The van der Waals surface area contributed by atoms with E-state index in [1.807, 2.05) is 24.3 Å². The number of hydrogen-bond donors (Lipinski definition) is 1. The van der Waals surface area contributed by atoms with Crippen LogP contribution >= 0.6 is 0 Å². The third-order valence-electron chi connectivity index (χ3n) is 4.31. The van der Waals surface area contributed by atoms with E-state index in [2.05, 4.69) is 36.1 Å². The molecule has 0 saturated heterocycles. The zero-order valence-electron chi connectivity index (χ0n) is 15.0. The number of H-pyrrole nitrogens is 1. The zero-order chi connectivity index (χ0) is 18.5. The van der Waals surface area contributed by atoms with E-state index in [9.17, 15) is 4.79 Å². The van der Waals surface area contributed by atoms with Gasteiger partial charge < -0.3 is 14.6 Å². The molecule has 5 heteroatoms. The van der Waals surface area contributed by atoms with Crippen molar-refractivity contribution in [3.8, 4) is 22.9 Å². The Morgan fingerprint density at radius 3 is 2.69 bits per heavy atom. The van der Waals surface area contributed by atoms with Crippen molar-refractivity contribution < 1.29 is 4.74 Å². The van der Waals surface area contributed by atoms with Crippen LogP contribution < -0.4 is 10.3 Å². The van der Waals surface area contributed by atoms with Gasteiger partial charge in [-0.25, -0.2) is 0 Å². The van der Waals surface area contributed by atoms with E-state index in [1.54, 1.807) is 18.3 Å². The summed E-state index contributed by atoms with van der Waals surface area (Å²) in [7, 11) is 4.11. The Balaban J connectivity index is 2.11. The lowest BCUT2D eigenvalue weighted by atomic mass is 9.95. The maximum absolute atomic E-state index is 12.3. The normalized spacial score (nSPS) is 10.8. The van der Waals surface area contributed by atoms with Crippen molar-refractivity contribution in [1.82, 2.24) is 9.88 Å². The number of nitriles is 1. The molecule has 26 heavy (non-hydrogen) atoms. The molecule has 0 unspecified atom stereocenters. The summed E-state index contributed by atoms with van der Waals surface area (Å²) in [6.45, 7) is 0.904. The van der Waals surface area contributed by atoms with Gasteiger partial charge in [0.2, 0.25) is 0 Å². The largest absolute Gasteiger partial charge is 0.479 e. The van der Waals surface area contributed by atoms with Gasteiger partial charge in [0, 0.05) is 18.3 Å². The highest BCUT2D eigenvalue weighted by Crippen LogP contribution is 2.31. The fraction of sp³-hybridized carbons (Fsp3) is 0.238. The lowest BCUT2D eigenvalue weighted by Crippen LogP contribution is -2.15. The summed E-state index contributed by atoms with van der Waals surface area (Å²) in [5, 5.41) is 10.1. The van der Waals surface area contributed by atoms with Gasteiger partial charge in [0.05, 0.1) is 5.39 Å². The SMILES string of the molecule is CN(C)CCc1ccccc1-c1c[nH]c(=O)c2cc(OCC#N)ccc12. The number of aromatic amines is 1. The highest BCUT2D eigenvalue weighted by atomic mass is 16.5. The second-order valence-electron chi connectivity index (χ2n) is 6.40. The number of aromatic nitrogens is 1. The van der Waals surface area contributed by atoms with Crippen molar-refractivity contribution in [3.63, 3.8) is 0 Å². The lowest BCUT2D eigenvalue weighted by Gasteiger charge is -2.15. The molecule has 1 heterocycles. The number of fused-ring (bicyclic) bond motifs is 1. The van der Waals surface area contributed by atoms with Gasteiger partial charge in [0.15, 0.2) is 6.61 Å². The molecule has 0 saturated carbocycles. The molecule has 0 radical (unpaired) electrons. The molecule has 0 bridgehead atoms. The van der Waals surface area contributed by atoms with Gasteiger partial charge >= 0.3 is 0 Å². The number of rotatable bonds is 6. The second-order valence-corrected chi connectivity index (χ2v) is 6.40. The molecule has 3 rings (SSSR count). The minimum atomic E-state index is -0.170. The van der Waals surface area contributed by atoms with Gasteiger partial charge in [0.25, 0.3) is 5.56 Å². The first-order chi connectivity index (χ1) is 12.6. The van der Waals surface area contributed by atoms with Crippen LogP contribution in [0.2, 0.25) is 0 Å². The van der Waals surface area contributed by atoms with E-state index in [0.29, 0.717) is 11.1 Å². The Morgan fingerprint density at radius 1 is 1.12 bits per heavy atom. The highest BCUT2D eigenvalue weighted by Gasteiger charge is 2.11. The molecule has 0 aliphatic heterocycles. The van der Waals surface area contributed by atoms with Gasteiger partial charge in [0.1, 0.15) is 11.8 Å². The van der Waals surface area contributed by atoms with Crippen LogP contribution in [0.3, 0.4) is 0 Å². The van der Waals surface area contributed by atoms with E-state index in [4.69, 9.17) is 10.00 Å². The Kier molecular flexibility index (Phi) is 5.35. The zero-order valence-corrected chi connectivity index (χ0v) is 15.0. The molecule has 1 aromatic heterocycles. The number of pyridine rings is 1. The summed E-state index contributed by atoms with van der Waals surface area (Å²) in [4.78, 5) is 17.3. The highest BCUT2D eigenvalue weighted by molar-refractivity contribution is 5.97. The summed E-state index contributed by atoms with van der Waals surface area (Å²) < 4.78 is 5.33. The van der Waals surface area contributed by atoms with Gasteiger partial charge in [-0.1, -0.05) is 24.3 Å². The predicted molar refractivity (Wildman–Crippen MR) is 103 cm³/mol. The van der Waals surface area contributed by atoms with Gasteiger partial charge in [-0.15, -0.1) is 0 Å². The number of hydrogen-bond acceptors (Lipinski definition) is 4. The Bertz CT molecular complexity index is 1020. The third-order valence-corrected chi connectivity index (χ3v) is 4.31. The minimum Gasteiger partial charge on any atom is -0.479 e. The molecule has 1 N–H and O–H groups in total. The van der Waals surface area contributed by atoms with Crippen LogP contribution in [0.1, 0.15) is 5.56 Å². The van der Waals surface area contributed by atoms with Crippen LogP contribution in [0, 0.1) is 11.3 Å². The molecule has 132 valence electrons. The number of nitrogens with zero attached hydrogens (tertiary/aromatic N) is 2. The first kappa shape index (κ1) is 17.7. The smallest absolute Gasteiger partial charge is 0.255 e. The van der Waals surface area contributed by atoms with Gasteiger partial charge in [-0.05, 0) is 55.2 Å². The van der Waals surface area contributed by atoms with Crippen LogP contribution in [0.25, 0.3) is 21.9 Å². The molecule has 5 nitrogen and oxygen atoms in total. The van der Waals surface area contributed by atoms with Crippen molar-refractivity contribution >= 4 is 10.8 Å². The summed E-state index contributed by atoms with van der Waals surface area (Å²) in [6.07, 6.45) is 2.70. The first-order valence-corrected chi connectivity index (χ1v) is 8.48. The third kappa shape index (κ3) is 3.76. The van der Waals surface area contributed by atoms with E-state index in [-0.39, 0.29) is 12.2 Å². The molecule has 0 atom stereocenters. The Morgan fingerprint density at radius 2 is 1.92 bits per heavy atom. The second kappa shape index (κ2) is 7.85. The summed E-state index contributed by atoms with van der Waals surface area (Å²) in [5.74, 6) is 0.516. The molecule has 0 amide bonds. The van der Waals surface area contributed by atoms with Crippen LogP contribution in [-0.4, -0.2) is 37.1 Å². The monoisotopic (exact) mass is 347 g/mol. The number of benzene rings is 2. The van der Waals surface area contributed by atoms with Crippen molar-refractivity contribution in [2.24, 2.45) is 0 Å². The summed E-state index contributed by atoms with van der Waals surface area (Å²) in [6, 6.07) is 15.6. The van der Waals surface area contributed by atoms with Crippen LogP contribution in [0.15, 0.2) is 53.5 Å². The van der Waals surface area contributed by atoms with E-state index in [1.165, 1.54) is 5.56 Å². The van der Waals surface area contributed by atoms with Crippen molar-refractivity contribution in [2.45, 2.75) is 6.42 Å². The summed E-state index contributed by atoms with van der Waals surface area (Å²) >= 11 is 0. The first-order valence-electron chi connectivity index (χ1n) is 8.48. The van der Waals surface area contributed by atoms with Crippen LogP contribution in [0.5, 0.6) is 5.75 Å². The van der Waals surface area contributed by atoms with Gasteiger partial charge in [-0.3, -0.25) is 4.79 Å². The Hall–Kier alpha value is -3.10. The maximum Gasteiger partial charge on any atom is 0.255 e. The molecular weight excluding hydrogens is 326 g/mol. The van der Waals surface area contributed by atoms with E-state index >= 15 is 0 Å². The van der Waals surface area contributed by atoms with Crippen LogP contribution in [-0.2, 0) is 6.42 Å². The molecular formula is C21H21N3O2. The topological polar surface area (TPSA) is 69.1 Å². The molecule has 0 spiro atoms. The fourth-order valence-corrected chi connectivity index (χ4v) is 3.01. The average Bonchev–Trinajstić information content (AvgIpc) is 2.65. The molecule has 3 aromatic rings. The van der Waals surface area contributed by atoms with E-state index < -0.39 is 0 Å². The number of nitrogens with one attached hydrogen (secondary N) is 1. The van der Waals surface area contributed by atoms with Crippen molar-refractivity contribution in [3.05, 3.63) is 64.6 Å². The van der Waals surface area contributed by atoms with Gasteiger partial charge in [-0.2, -0.15) is 5.26 Å². The fourth-order valence-electron chi connectivity index (χ4n) is 3.01. The predicted octanol–water partition coefficient (Wildman–Crippen LogP) is 3.20. The average molecular weight is 347 g/mol. The van der Waals surface area contributed by atoms with Crippen LogP contribution in [0.4, 0.5) is 0 Å². The minimum absolute atomic E-state index is 0.0452. The number of likely N-dealkylation sites (N-methyl/N-ethyl adjacent to an activating group) is 1. The maximum atomic E-state index is 12.3. The Labute approximate surface area is 152 Å². The van der Waals surface area contributed by atoms with E-state index in [0.717, 1.165) is 29.5 Å². The molecule has 0 fully saturated rings. The van der Waals surface area contributed by atoms with Crippen molar-refractivity contribution in [1.29, 1.82) is 5.26 Å². The lowest BCUT2D eigenvalue weighted by molar-refractivity contribution is 0.368.